The number of benzene rings is 5. The van der Waals surface area contributed by atoms with Gasteiger partial charge in [-0.1, -0.05) is 84.9 Å². The molecule has 0 bridgehead atoms. The molecular formula is C40H39N3O4. The molecule has 0 aromatic heterocycles. The van der Waals surface area contributed by atoms with Crippen LogP contribution >= 0.6 is 0 Å². The Balaban J connectivity index is 1.23. The molecule has 1 aliphatic carbocycles. The van der Waals surface area contributed by atoms with E-state index in [1.807, 2.05) is 109 Å². The Morgan fingerprint density at radius 3 is 2.38 bits per heavy atom. The molecule has 0 heterocycles. The lowest BCUT2D eigenvalue weighted by atomic mass is 10.0. The molecule has 0 saturated heterocycles. The van der Waals surface area contributed by atoms with Crippen LogP contribution in [-0.4, -0.2) is 18.9 Å². The van der Waals surface area contributed by atoms with Crippen molar-refractivity contribution in [2.24, 2.45) is 5.73 Å². The number of methoxy groups -OCH3 is 1. The van der Waals surface area contributed by atoms with E-state index in [9.17, 15) is 9.59 Å². The molecule has 0 saturated carbocycles. The van der Waals surface area contributed by atoms with Gasteiger partial charge in [-0.2, -0.15) is 0 Å². The van der Waals surface area contributed by atoms with Crippen LogP contribution in [0, 0.1) is 0 Å². The Hall–Kier alpha value is -5.40. The van der Waals surface area contributed by atoms with Crippen molar-refractivity contribution in [3.8, 4) is 28.4 Å². The molecule has 238 valence electrons. The number of para-hydroxylation sites is 2. The fourth-order valence-corrected chi connectivity index (χ4v) is 6.05. The predicted molar refractivity (Wildman–Crippen MR) is 185 cm³/mol. The van der Waals surface area contributed by atoms with E-state index in [1.54, 1.807) is 12.0 Å². The summed E-state index contributed by atoms with van der Waals surface area (Å²) in [4.78, 5) is 28.8. The average Bonchev–Trinajstić information content (AvgIpc) is 3.52. The second-order valence-electron chi connectivity index (χ2n) is 11.7. The molecule has 0 radical (unpaired) electrons. The van der Waals surface area contributed by atoms with Crippen LogP contribution < -0.4 is 25.4 Å². The highest BCUT2D eigenvalue weighted by Gasteiger charge is 2.25. The van der Waals surface area contributed by atoms with Crippen LogP contribution in [0.3, 0.4) is 0 Å². The summed E-state index contributed by atoms with van der Waals surface area (Å²) < 4.78 is 11.7. The number of hydrogen-bond donors (Lipinski definition) is 2. The SMILES string of the molecule is COc1cccc(-c2ccc(CN(C(=O)CCC(=O)NC3CCc4ccccc43)c3ccccc3Oc3cccc(CN)c3)cc2)c1. The molecule has 1 atom stereocenters. The molecule has 5 aromatic rings. The van der Waals surface area contributed by atoms with Crippen molar-refractivity contribution >= 4 is 17.5 Å². The second kappa shape index (κ2) is 14.8. The van der Waals surface area contributed by atoms with E-state index in [1.165, 1.54) is 5.56 Å². The van der Waals surface area contributed by atoms with Crippen LogP contribution in [-0.2, 0) is 29.1 Å². The van der Waals surface area contributed by atoms with Crippen LogP contribution in [0.1, 0.15) is 47.6 Å². The first-order chi connectivity index (χ1) is 23.0. The zero-order valence-electron chi connectivity index (χ0n) is 26.5. The largest absolute Gasteiger partial charge is 0.497 e. The number of ether oxygens (including phenoxy) is 2. The summed E-state index contributed by atoms with van der Waals surface area (Å²) in [6.07, 6.45) is 1.95. The molecule has 0 fully saturated rings. The van der Waals surface area contributed by atoms with Gasteiger partial charge in [0.05, 0.1) is 25.4 Å². The van der Waals surface area contributed by atoms with E-state index in [-0.39, 0.29) is 30.7 Å². The van der Waals surface area contributed by atoms with Crippen molar-refractivity contribution < 1.29 is 19.1 Å². The highest BCUT2D eigenvalue weighted by Crippen LogP contribution is 2.35. The summed E-state index contributed by atoms with van der Waals surface area (Å²) in [7, 11) is 1.65. The average molecular weight is 626 g/mol. The van der Waals surface area contributed by atoms with Gasteiger partial charge in [-0.15, -0.1) is 0 Å². The number of amides is 2. The van der Waals surface area contributed by atoms with Crippen molar-refractivity contribution in [2.75, 3.05) is 12.0 Å². The number of rotatable bonds is 12. The smallest absolute Gasteiger partial charge is 0.227 e. The van der Waals surface area contributed by atoms with Gasteiger partial charge in [0, 0.05) is 19.4 Å². The van der Waals surface area contributed by atoms with E-state index >= 15 is 0 Å². The Kier molecular flexibility index (Phi) is 9.94. The van der Waals surface area contributed by atoms with E-state index in [0.29, 0.717) is 30.3 Å². The van der Waals surface area contributed by atoms with Gasteiger partial charge in [0.25, 0.3) is 0 Å². The van der Waals surface area contributed by atoms with Crippen LogP contribution in [0.25, 0.3) is 11.1 Å². The molecule has 5 aromatic carbocycles. The third-order valence-corrected chi connectivity index (χ3v) is 8.55. The maximum atomic E-state index is 14.0. The Labute approximate surface area is 276 Å². The van der Waals surface area contributed by atoms with E-state index in [0.717, 1.165) is 46.4 Å². The Bertz CT molecular complexity index is 1850. The first-order valence-corrected chi connectivity index (χ1v) is 16.0. The molecule has 6 rings (SSSR count). The number of carbonyl (C=O) groups is 2. The number of hydrogen-bond acceptors (Lipinski definition) is 5. The highest BCUT2D eigenvalue weighted by atomic mass is 16.5. The van der Waals surface area contributed by atoms with Gasteiger partial charge >= 0.3 is 0 Å². The maximum absolute atomic E-state index is 14.0. The molecule has 2 amide bonds. The second-order valence-corrected chi connectivity index (χ2v) is 11.7. The predicted octanol–water partition coefficient (Wildman–Crippen LogP) is 7.73. The molecule has 7 heteroatoms. The van der Waals surface area contributed by atoms with Crippen molar-refractivity contribution in [3.05, 3.63) is 144 Å². The summed E-state index contributed by atoms with van der Waals surface area (Å²) in [5.41, 5.74) is 12.9. The summed E-state index contributed by atoms with van der Waals surface area (Å²) >= 11 is 0. The molecule has 47 heavy (non-hydrogen) atoms. The van der Waals surface area contributed by atoms with Crippen molar-refractivity contribution in [2.45, 2.75) is 44.8 Å². The molecular weight excluding hydrogens is 586 g/mol. The third kappa shape index (κ3) is 7.71. The molecule has 0 spiro atoms. The minimum absolute atomic E-state index is 0.0218. The quantitative estimate of drug-likeness (QED) is 0.148. The first-order valence-electron chi connectivity index (χ1n) is 16.0. The molecule has 1 unspecified atom stereocenters. The lowest BCUT2D eigenvalue weighted by Crippen LogP contribution is -2.33. The molecule has 7 nitrogen and oxygen atoms in total. The molecule has 0 aliphatic heterocycles. The van der Waals surface area contributed by atoms with Gasteiger partial charge < -0.3 is 25.4 Å². The summed E-state index contributed by atoms with van der Waals surface area (Å²) in [5.74, 6) is 1.65. The van der Waals surface area contributed by atoms with Crippen LogP contribution in [0.5, 0.6) is 17.2 Å². The van der Waals surface area contributed by atoms with Gasteiger partial charge in [-0.3, -0.25) is 9.59 Å². The lowest BCUT2D eigenvalue weighted by Gasteiger charge is -2.26. The van der Waals surface area contributed by atoms with Crippen molar-refractivity contribution in [1.29, 1.82) is 0 Å². The third-order valence-electron chi connectivity index (χ3n) is 8.55. The minimum Gasteiger partial charge on any atom is -0.497 e. The number of carbonyl (C=O) groups excluding carboxylic acids is 2. The first kappa shape index (κ1) is 31.6. The number of nitrogens with one attached hydrogen (secondary N) is 1. The van der Waals surface area contributed by atoms with Gasteiger partial charge in [-0.05, 0) is 82.6 Å². The van der Waals surface area contributed by atoms with Gasteiger partial charge in [0.1, 0.15) is 11.5 Å². The number of aryl methyl sites for hydroxylation is 1. The number of nitrogens with zero attached hydrogens (tertiary/aromatic N) is 1. The molecule has 3 N–H and O–H groups in total. The lowest BCUT2D eigenvalue weighted by molar-refractivity contribution is -0.125. The Morgan fingerprint density at radius 2 is 1.55 bits per heavy atom. The summed E-state index contributed by atoms with van der Waals surface area (Å²) in [6.45, 7) is 0.696. The van der Waals surface area contributed by atoms with Crippen molar-refractivity contribution in [1.82, 2.24) is 5.32 Å². The van der Waals surface area contributed by atoms with E-state index in [2.05, 4.69) is 17.4 Å². The normalized spacial score (nSPS) is 13.4. The fraction of sp³-hybridized carbons (Fsp3) is 0.200. The van der Waals surface area contributed by atoms with Crippen LogP contribution in [0.15, 0.2) is 121 Å². The van der Waals surface area contributed by atoms with E-state index in [4.69, 9.17) is 15.2 Å². The monoisotopic (exact) mass is 625 g/mol. The summed E-state index contributed by atoms with van der Waals surface area (Å²) in [5, 5.41) is 3.15. The molecule has 1 aliphatic rings. The summed E-state index contributed by atoms with van der Waals surface area (Å²) in [6, 6.07) is 39.3. The Morgan fingerprint density at radius 1 is 0.787 bits per heavy atom. The minimum atomic E-state index is -0.171. The zero-order valence-corrected chi connectivity index (χ0v) is 26.5. The van der Waals surface area contributed by atoms with Crippen LogP contribution in [0.2, 0.25) is 0 Å². The van der Waals surface area contributed by atoms with Gasteiger partial charge in [-0.25, -0.2) is 0 Å². The van der Waals surface area contributed by atoms with Crippen molar-refractivity contribution in [3.63, 3.8) is 0 Å². The van der Waals surface area contributed by atoms with Crippen LogP contribution in [0.4, 0.5) is 5.69 Å². The zero-order chi connectivity index (χ0) is 32.6. The van der Waals surface area contributed by atoms with Gasteiger partial charge in [0.2, 0.25) is 11.8 Å². The highest BCUT2D eigenvalue weighted by molar-refractivity contribution is 5.96. The van der Waals surface area contributed by atoms with E-state index < -0.39 is 0 Å². The van der Waals surface area contributed by atoms with Gasteiger partial charge in [0.15, 0.2) is 5.75 Å². The standard InChI is InChI=1S/C40H39N3O4/c1-46-33-11-7-10-32(25-33)30-18-16-28(17-19-30)27-43(37-14-4-5-15-38(37)47-34-12-6-8-29(24-34)26-41)40(45)23-22-39(44)42-36-21-20-31-9-2-3-13-35(31)36/h2-19,24-25,36H,20-23,26-27,41H2,1H3,(H,42,44). The number of nitrogens with two attached hydrogens (primary N) is 1. The fourth-order valence-electron chi connectivity index (χ4n) is 6.05. The maximum Gasteiger partial charge on any atom is 0.227 e. The topological polar surface area (TPSA) is 93.9 Å². The number of fused-ring (bicyclic) bond motifs is 1. The number of anilines is 1.